The Bertz CT molecular complexity index is 516. The summed E-state index contributed by atoms with van der Waals surface area (Å²) in [5, 5.41) is 9.24. The van der Waals surface area contributed by atoms with Crippen molar-refractivity contribution in [2.75, 3.05) is 0 Å². The van der Waals surface area contributed by atoms with E-state index in [1.807, 2.05) is 4.98 Å². The van der Waals surface area contributed by atoms with Gasteiger partial charge in [0.1, 0.15) is 0 Å². The summed E-state index contributed by atoms with van der Waals surface area (Å²) in [7, 11) is -4.52. The predicted octanol–water partition coefficient (Wildman–Crippen LogP) is 0.280. The van der Waals surface area contributed by atoms with Crippen LogP contribution in [0.1, 0.15) is 18.9 Å². The van der Waals surface area contributed by atoms with Crippen LogP contribution in [0.15, 0.2) is 15.8 Å². The molecule has 3 N–H and O–H groups in total. The molecule has 0 aromatic carbocycles. The molecule has 0 saturated carbocycles. The van der Waals surface area contributed by atoms with Crippen LogP contribution in [0.25, 0.3) is 0 Å². The summed E-state index contributed by atoms with van der Waals surface area (Å²) in [5.41, 5.74) is -0.496. The fourth-order valence-corrected chi connectivity index (χ4v) is 2.12. The Labute approximate surface area is 86.3 Å². The molecule has 7 heteroatoms. The second kappa shape index (κ2) is 4.03. The lowest BCUT2D eigenvalue weighted by Crippen LogP contribution is -2.12. The highest BCUT2D eigenvalue weighted by Crippen LogP contribution is 2.23. The molecule has 1 heterocycles. The molecule has 0 aliphatic heterocycles. The largest absolute Gasteiger partial charge is 0.494 e. The predicted molar refractivity (Wildman–Crippen MR) is 52.5 cm³/mol. The van der Waals surface area contributed by atoms with E-state index in [4.69, 9.17) is 4.55 Å². The molecule has 0 saturated heterocycles. The third-order valence-electron chi connectivity index (χ3n) is 1.83. The van der Waals surface area contributed by atoms with Crippen molar-refractivity contribution in [3.63, 3.8) is 0 Å². The first-order valence-electron chi connectivity index (χ1n) is 4.29. The number of rotatable bonds is 3. The molecule has 0 fully saturated rings. The van der Waals surface area contributed by atoms with Crippen LogP contribution < -0.4 is 5.56 Å². The number of H-pyrrole nitrogens is 1. The maximum absolute atomic E-state index is 11.0. The SMILES string of the molecule is CCCc1cc(=O)[nH]c(O)c1S(=O)(=O)O. The first-order chi connectivity index (χ1) is 6.86. The van der Waals surface area contributed by atoms with Crippen LogP contribution in [-0.2, 0) is 16.5 Å². The van der Waals surface area contributed by atoms with E-state index in [0.717, 1.165) is 6.07 Å². The highest BCUT2D eigenvalue weighted by Gasteiger charge is 2.21. The molecule has 0 bridgehead atoms. The van der Waals surface area contributed by atoms with Gasteiger partial charge in [-0.15, -0.1) is 0 Å². The van der Waals surface area contributed by atoms with Gasteiger partial charge in [-0.05, 0) is 12.0 Å². The van der Waals surface area contributed by atoms with E-state index in [9.17, 15) is 18.3 Å². The minimum absolute atomic E-state index is 0.112. The van der Waals surface area contributed by atoms with Crippen molar-refractivity contribution in [1.82, 2.24) is 4.98 Å². The van der Waals surface area contributed by atoms with Crippen molar-refractivity contribution in [1.29, 1.82) is 0 Å². The first-order valence-corrected chi connectivity index (χ1v) is 5.73. The third-order valence-corrected chi connectivity index (χ3v) is 2.80. The Morgan fingerprint density at radius 3 is 2.53 bits per heavy atom. The third kappa shape index (κ3) is 2.57. The number of aromatic amines is 1. The molecule has 1 aromatic rings. The molecule has 0 unspecified atom stereocenters. The van der Waals surface area contributed by atoms with Crippen molar-refractivity contribution in [2.24, 2.45) is 0 Å². The van der Waals surface area contributed by atoms with E-state index in [1.165, 1.54) is 0 Å². The van der Waals surface area contributed by atoms with Gasteiger partial charge in [0.25, 0.3) is 15.7 Å². The minimum Gasteiger partial charge on any atom is -0.494 e. The summed E-state index contributed by atoms with van der Waals surface area (Å²) in [6.07, 6.45) is 0.873. The summed E-state index contributed by atoms with van der Waals surface area (Å²) in [4.78, 5) is 12.3. The molecule has 0 atom stereocenters. The number of aromatic nitrogens is 1. The Morgan fingerprint density at radius 1 is 1.47 bits per heavy atom. The molecule has 0 amide bonds. The number of nitrogens with one attached hydrogen (secondary N) is 1. The summed E-state index contributed by atoms with van der Waals surface area (Å²) >= 11 is 0. The van der Waals surface area contributed by atoms with Gasteiger partial charge in [-0.25, -0.2) is 0 Å². The molecule has 0 spiro atoms. The lowest BCUT2D eigenvalue weighted by atomic mass is 10.1. The number of hydrogen-bond donors (Lipinski definition) is 3. The van der Waals surface area contributed by atoms with E-state index in [0.29, 0.717) is 6.42 Å². The normalized spacial score (nSPS) is 11.6. The monoisotopic (exact) mass is 233 g/mol. The summed E-state index contributed by atoms with van der Waals surface area (Å²) in [6.45, 7) is 1.78. The van der Waals surface area contributed by atoms with Gasteiger partial charge in [0.15, 0.2) is 4.90 Å². The van der Waals surface area contributed by atoms with Gasteiger partial charge < -0.3 is 5.11 Å². The van der Waals surface area contributed by atoms with E-state index in [1.54, 1.807) is 6.92 Å². The lowest BCUT2D eigenvalue weighted by molar-refractivity contribution is 0.421. The maximum atomic E-state index is 11.0. The molecule has 84 valence electrons. The Kier molecular flexibility index (Phi) is 3.15. The fraction of sp³-hybridized carbons (Fsp3) is 0.375. The number of hydrogen-bond acceptors (Lipinski definition) is 4. The van der Waals surface area contributed by atoms with E-state index >= 15 is 0 Å². The standard InChI is InChI=1S/C8H11NO5S/c1-2-3-5-4-6(10)9-8(11)7(5)15(12,13)14/h4H,2-3H2,1H3,(H2,9,10,11)(H,12,13,14). The van der Waals surface area contributed by atoms with E-state index in [2.05, 4.69) is 0 Å². The molecule has 0 aliphatic carbocycles. The summed E-state index contributed by atoms with van der Waals surface area (Å²) < 4.78 is 30.7. The zero-order chi connectivity index (χ0) is 11.6. The Hall–Kier alpha value is -1.34. The quantitative estimate of drug-likeness (QED) is 0.650. The van der Waals surface area contributed by atoms with Crippen LogP contribution in [0.4, 0.5) is 0 Å². The highest BCUT2D eigenvalue weighted by atomic mass is 32.2. The number of aryl methyl sites for hydroxylation is 1. The van der Waals surface area contributed by atoms with Crippen LogP contribution in [-0.4, -0.2) is 23.1 Å². The zero-order valence-corrected chi connectivity index (χ0v) is 8.84. The average Bonchev–Trinajstić information content (AvgIpc) is 1.99. The lowest BCUT2D eigenvalue weighted by Gasteiger charge is -2.06. The van der Waals surface area contributed by atoms with Crippen molar-refractivity contribution in [3.05, 3.63) is 22.0 Å². The number of aromatic hydroxyl groups is 1. The van der Waals surface area contributed by atoms with Gasteiger partial charge in [-0.3, -0.25) is 14.3 Å². The molecule has 1 rings (SSSR count). The Balaban J connectivity index is 3.54. The molecule has 1 aromatic heterocycles. The second-order valence-electron chi connectivity index (χ2n) is 3.06. The summed E-state index contributed by atoms with van der Waals surface area (Å²) in [6, 6.07) is 1.05. The van der Waals surface area contributed by atoms with Crippen molar-refractivity contribution in [2.45, 2.75) is 24.7 Å². The molecule has 15 heavy (non-hydrogen) atoms. The highest BCUT2D eigenvalue weighted by molar-refractivity contribution is 7.86. The fourth-order valence-electron chi connectivity index (χ4n) is 1.33. The van der Waals surface area contributed by atoms with Gasteiger partial charge in [-0.1, -0.05) is 13.3 Å². The van der Waals surface area contributed by atoms with Crippen LogP contribution in [0.3, 0.4) is 0 Å². The second-order valence-corrected chi connectivity index (χ2v) is 4.42. The summed E-state index contributed by atoms with van der Waals surface area (Å²) in [5.74, 6) is -0.826. The van der Waals surface area contributed by atoms with Crippen LogP contribution >= 0.6 is 0 Å². The van der Waals surface area contributed by atoms with Crippen molar-refractivity contribution in [3.8, 4) is 5.88 Å². The maximum Gasteiger partial charge on any atom is 0.300 e. The van der Waals surface area contributed by atoms with Crippen LogP contribution in [0, 0.1) is 0 Å². The minimum atomic E-state index is -4.52. The van der Waals surface area contributed by atoms with Crippen LogP contribution in [0.2, 0.25) is 0 Å². The smallest absolute Gasteiger partial charge is 0.300 e. The van der Waals surface area contributed by atoms with Gasteiger partial charge in [-0.2, -0.15) is 8.42 Å². The first kappa shape index (κ1) is 11.7. The van der Waals surface area contributed by atoms with Gasteiger partial charge >= 0.3 is 0 Å². The molecule has 0 aliphatic rings. The van der Waals surface area contributed by atoms with Gasteiger partial charge in [0, 0.05) is 6.07 Å². The molecule has 0 radical (unpaired) electrons. The van der Waals surface area contributed by atoms with Crippen molar-refractivity contribution < 1.29 is 18.1 Å². The topological polar surface area (TPSA) is 107 Å². The van der Waals surface area contributed by atoms with E-state index in [-0.39, 0.29) is 12.0 Å². The van der Waals surface area contributed by atoms with Crippen LogP contribution in [0.5, 0.6) is 5.88 Å². The Morgan fingerprint density at radius 2 is 2.07 bits per heavy atom. The average molecular weight is 233 g/mol. The van der Waals surface area contributed by atoms with Crippen molar-refractivity contribution >= 4 is 10.1 Å². The molecular formula is C8H11NO5S. The van der Waals surface area contributed by atoms with E-state index < -0.39 is 26.5 Å². The molecular weight excluding hydrogens is 222 g/mol. The van der Waals surface area contributed by atoms with Gasteiger partial charge in [0.2, 0.25) is 5.88 Å². The molecule has 6 nitrogen and oxygen atoms in total. The zero-order valence-electron chi connectivity index (χ0n) is 8.02. The number of pyridine rings is 1. The van der Waals surface area contributed by atoms with Gasteiger partial charge in [0.05, 0.1) is 0 Å².